The molecule has 0 spiro atoms. The standard InChI is InChI=1S/C19H21ClF3N/c1-15(12-17-8-5-9-18(13-17)19(21,22)23)24(11-10-20)14-16-6-3-2-4-7-16/h2-9,13,15H,10-12,14H2,1H3. The average molecular weight is 356 g/mol. The zero-order valence-corrected chi connectivity index (χ0v) is 14.3. The first-order valence-electron chi connectivity index (χ1n) is 7.90. The summed E-state index contributed by atoms with van der Waals surface area (Å²) in [4.78, 5) is 2.20. The number of alkyl halides is 4. The van der Waals surface area contributed by atoms with Crippen LogP contribution in [0.4, 0.5) is 13.2 Å². The summed E-state index contributed by atoms with van der Waals surface area (Å²) in [7, 11) is 0. The Kier molecular flexibility index (Phi) is 6.69. The predicted octanol–water partition coefficient (Wildman–Crippen LogP) is 5.38. The van der Waals surface area contributed by atoms with Crippen molar-refractivity contribution >= 4 is 11.6 Å². The van der Waals surface area contributed by atoms with E-state index in [-0.39, 0.29) is 6.04 Å². The summed E-state index contributed by atoms with van der Waals surface area (Å²) in [6.07, 6.45) is -3.76. The van der Waals surface area contributed by atoms with E-state index in [2.05, 4.69) is 4.90 Å². The van der Waals surface area contributed by atoms with Crippen LogP contribution in [0.25, 0.3) is 0 Å². The van der Waals surface area contributed by atoms with Crippen LogP contribution in [0.5, 0.6) is 0 Å². The summed E-state index contributed by atoms with van der Waals surface area (Å²) in [5, 5.41) is 0. The minimum atomic E-state index is -4.31. The minimum absolute atomic E-state index is 0.0902. The van der Waals surface area contributed by atoms with E-state index >= 15 is 0 Å². The topological polar surface area (TPSA) is 3.24 Å². The van der Waals surface area contributed by atoms with Crippen molar-refractivity contribution < 1.29 is 13.2 Å². The van der Waals surface area contributed by atoms with Gasteiger partial charge in [-0.3, -0.25) is 4.90 Å². The zero-order chi connectivity index (χ0) is 17.6. The molecule has 0 aliphatic carbocycles. The highest BCUT2D eigenvalue weighted by Crippen LogP contribution is 2.30. The lowest BCUT2D eigenvalue weighted by atomic mass is 10.0. The van der Waals surface area contributed by atoms with Crippen LogP contribution in [-0.4, -0.2) is 23.4 Å². The van der Waals surface area contributed by atoms with Crippen molar-refractivity contribution in [3.8, 4) is 0 Å². The van der Waals surface area contributed by atoms with Crippen LogP contribution < -0.4 is 0 Å². The fourth-order valence-corrected chi connectivity index (χ4v) is 2.94. The average Bonchev–Trinajstić information content (AvgIpc) is 2.55. The van der Waals surface area contributed by atoms with Gasteiger partial charge in [-0.25, -0.2) is 0 Å². The molecule has 5 heteroatoms. The fourth-order valence-electron chi connectivity index (χ4n) is 2.73. The second-order valence-corrected chi connectivity index (χ2v) is 6.27. The highest BCUT2D eigenvalue weighted by atomic mass is 35.5. The third-order valence-corrected chi connectivity index (χ3v) is 4.18. The van der Waals surface area contributed by atoms with Crippen LogP contribution in [0.3, 0.4) is 0 Å². The Morgan fingerprint density at radius 3 is 2.29 bits per heavy atom. The Labute approximate surface area is 146 Å². The second-order valence-electron chi connectivity index (χ2n) is 5.90. The monoisotopic (exact) mass is 355 g/mol. The number of rotatable bonds is 7. The molecule has 0 amide bonds. The van der Waals surface area contributed by atoms with Crippen molar-refractivity contribution in [2.75, 3.05) is 12.4 Å². The van der Waals surface area contributed by atoms with E-state index in [1.165, 1.54) is 17.7 Å². The van der Waals surface area contributed by atoms with Gasteiger partial charge >= 0.3 is 6.18 Å². The van der Waals surface area contributed by atoms with Gasteiger partial charge in [0.2, 0.25) is 0 Å². The molecule has 0 heterocycles. The maximum atomic E-state index is 12.8. The molecule has 24 heavy (non-hydrogen) atoms. The molecule has 1 unspecified atom stereocenters. The third kappa shape index (κ3) is 5.53. The maximum Gasteiger partial charge on any atom is 0.416 e. The highest BCUT2D eigenvalue weighted by Gasteiger charge is 2.30. The van der Waals surface area contributed by atoms with Gasteiger partial charge < -0.3 is 0 Å². The minimum Gasteiger partial charge on any atom is -0.295 e. The predicted molar refractivity (Wildman–Crippen MR) is 92.2 cm³/mol. The molecule has 1 nitrogen and oxygen atoms in total. The molecule has 0 fully saturated rings. The van der Waals surface area contributed by atoms with E-state index in [9.17, 15) is 13.2 Å². The lowest BCUT2D eigenvalue weighted by Crippen LogP contribution is -2.35. The normalized spacial score (nSPS) is 13.2. The lowest BCUT2D eigenvalue weighted by molar-refractivity contribution is -0.137. The Hall–Kier alpha value is -1.52. The summed E-state index contributed by atoms with van der Waals surface area (Å²) in [5.41, 5.74) is 1.25. The highest BCUT2D eigenvalue weighted by molar-refractivity contribution is 6.18. The molecule has 130 valence electrons. The summed E-state index contributed by atoms with van der Waals surface area (Å²) in [5.74, 6) is 0.486. The first-order valence-corrected chi connectivity index (χ1v) is 8.43. The van der Waals surface area contributed by atoms with Gasteiger partial charge in [0.15, 0.2) is 0 Å². The van der Waals surface area contributed by atoms with Gasteiger partial charge in [-0.15, -0.1) is 11.6 Å². The molecular formula is C19H21ClF3N. The Balaban J connectivity index is 2.09. The van der Waals surface area contributed by atoms with E-state index in [0.29, 0.717) is 24.4 Å². The lowest BCUT2D eigenvalue weighted by Gasteiger charge is -2.29. The van der Waals surface area contributed by atoms with E-state index in [1.54, 1.807) is 6.07 Å². The molecule has 2 aromatic carbocycles. The molecule has 0 aromatic heterocycles. The van der Waals surface area contributed by atoms with Gasteiger partial charge in [-0.1, -0.05) is 48.5 Å². The van der Waals surface area contributed by atoms with E-state index in [4.69, 9.17) is 11.6 Å². The van der Waals surface area contributed by atoms with Crippen molar-refractivity contribution in [1.82, 2.24) is 4.90 Å². The van der Waals surface area contributed by atoms with Gasteiger partial charge in [-0.2, -0.15) is 13.2 Å². The van der Waals surface area contributed by atoms with E-state index in [0.717, 1.165) is 12.6 Å². The van der Waals surface area contributed by atoms with Crippen molar-refractivity contribution in [1.29, 1.82) is 0 Å². The van der Waals surface area contributed by atoms with E-state index < -0.39 is 11.7 Å². The Morgan fingerprint density at radius 1 is 1.00 bits per heavy atom. The SMILES string of the molecule is CC(Cc1cccc(C(F)(F)F)c1)N(CCCl)Cc1ccccc1. The number of benzene rings is 2. The first-order chi connectivity index (χ1) is 11.4. The number of nitrogens with zero attached hydrogens (tertiary/aromatic N) is 1. The van der Waals surface area contributed by atoms with Crippen LogP contribution in [-0.2, 0) is 19.1 Å². The number of hydrogen-bond donors (Lipinski definition) is 0. The summed E-state index contributed by atoms with van der Waals surface area (Å²) >= 11 is 5.90. The summed E-state index contributed by atoms with van der Waals surface area (Å²) < 4.78 is 38.5. The van der Waals surface area contributed by atoms with Crippen LogP contribution in [0.1, 0.15) is 23.6 Å². The van der Waals surface area contributed by atoms with Crippen molar-refractivity contribution in [2.45, 2.75) is 32.1 Å². The van der Waals surface area contributed by atoms with Gasteiger partial charge in [0.25, 0.3) is 0 Å². The van der Waals surface area contributed by atoms with Crippen molar-refractivity contribution in [2.24, 2.45) is 0 Å². The molecule has 2 rings (SSSR count). The second kappa shape index (κ2) is 8.54. The van der Waals surface area contributed by atoms with Crippen molar-refractivity contribution in [3.63, 3.8) is 0 Å². The molecular weight excluding hydrogens is 335 g/mol. The molecule has 0 saturated carbocycles. The van der Waals surface area contributed by atoms with Gasteiger partial charge in [-0.05, 0) is 30.5 Å². The number of hydrogen-bond acceptors (Lipinski definition) is 1. The van der Waals surface area contributed by atoms with Crippen molar-refractivity contribution in [3.05, 3.63) is 71.3 Å². The van der Waals surface area contributed by atoms with Gasteiger partial charge in [0, 0.05) is 25.0 Å². The largest absolute Gasteiger partial charge is 0.416 e. The molecule has 0 saturated heterocycles. The molecule has 1 atom stereocenters. The smallest absolute Gasteiger partial charge is 0.295 e. The molecule has 0 N–H and O–H groups in total. The zero-order valence-electron chi connectivity index (χ0n) is 13.6. The van der Waals surface area contributed by atoms with Crippen LogP contribution in [0.15, 0.2) is 54.6 Å². The van der Waals surface area contributed by atoms with Gasteiger partial charge in [0.1, 0.15) is 0 Å². The molecule has 0 bridgehead atoms. The summed E-state index contributed by atoms with van der Waals surface area (Å²) in [6.45, 7) is 3.44. The van der Waals surface area contributed by atoms with Crippen LogP contribution in [0.2, 0.25) is 0 Å². The molecule has 0 aliphatic heterocycles. The van der Waals surface area contributed by atoms with Gasteiger partial charge in [0.05, 0.1) is 5.56 Å². The maximum absolute atomic E-state index is 12.8. The van der Waals surface area contributed by atoms with Crippen LogP contribution in [0, 0.1) is 0 Å². The first kappa shape index (κ1) is 18.8. The Morgan fingerprint density at radius 2 is 1.67 bits per heavy atom. The Bertz CT molecular complexity index is 628. The molecule has 0 aliphatic rings. The van der Waals surface area contributed by atoms with E-state index in [1.807, 2.05) is 37.3 Å². The fraction of sp³-hybridized carbons (Fsp3) is 0.368. The third-order valence-electron chi connectivity index (χ3n) is 4.01. The molecule has 2 aromatic rings. The van der Waals surface area contributed by atoms with Crippen LogP contribution >= 0.6 is 11.6 Å². The summed E-state index contributed by atoms with van der Waals surface area (Å²) in [6, 6.07) is 15.6. The molecule has 0 radical (unpaired) electrons. The number of halogens is 4. The quantitative estimate of drug-likeness (QED) is 0.603.